The van der Waals surface area contributed by atoms with E-state index in [9.17, 15) is 8.42 Å². The summed E-state index contributed by atoms with van der Waals surface area (Å²) in [7, 11) is -3.14. The zero-order valence-electron chi connectivity index (χ0n) is 7.86. The maximum atomic E-state index is 11.3. The van der Waals surface area contributed by atoms with Crippen LogP contribution in [0.1, 0.15) is 26.2 Å². The fourth-order valence-electron chi connectivity index (χ4n) is 1.57. The van der Waals surface area contributed by atoms with Gasteiger partial charge in [-0.1, -0.05) is 6.92 Å². The topological polar surface area (TPSA) is 66.4 Å². The first-order valence-corrected chi connectivity index (χ1v) is 6.29. The fraction of sp³-hybridized carbons (Fsp3) is 1.00. The SMILES string of the molecule is CC1CC(NS(=O)(=O)CCCO)C1. The Kier molecular flexibility index (Phi) is 3.70. The summed E-state index contributed by atoms with van der Waals surface area (Å²) in [6.45, 7) is 2.04. The van der Waals surface area contributed by atoms with E-state index in [0.29, 0.717) is 12.3 Å². The van der Waals surface area contributed by atoms with Crippen LogP contribution in [0.15, 0.2) is 0 Å². The highest BCUT2D eigenvalue weighted by atomic mass is 32.2. The predicted molar refractivity (Wildman–Crippen MR) is 50.8 cm³/mol. The highest BCUT2D eigenvalue weighted by Crippen LogP contribution is 2.26. The summed E-state index contributed by atoms with van der Waals surface area (Å²) >= 11 is 0. The molecule has 4 nitrogen and oxygen atoms in total. The molecule has 0 bridgehead atoms. The molecule has 0 unspecified atom stereocenters. The first kappa shape index (κ1) is 10.9. The van der Waals surface area contributed by atoms with Gasteiger partial charge in [0.1, 0.15) is 0 Å². The zero-order valence-corrected chi connectivity index (χ0v) is 8.68. The first-order valence-electron chi connectivity index (χ1n) is 4.64. The molecule has 5 heteroatoms. The zero-order chi connectivity index (χ0) is 9.90. The quantitative estimate of drug-likeness (QED) is 0.671. The van der Waals surface area contributed by atoms with E-state index < -0.39 is 10.0 Å². The molecule has 0 aromatic rings. The molecular formula is C8H17NO3S. The van der Waals surface area contributed by atoms with Crippen LogP contribution in [0.2, 0.25) is 0 Å². The van der Waals surface area contributed by atoms with Crippen molar-refractivity contribution in [2.24, 2.45) is 5.92 Å². The molecule has 1 rings (SSSR count). The number of aliphatic hydroxyl groups excluding tert-OH is 1. The smallest absolute Gasteiger partial charge is 0.211 e. The van der Waals surface area contributed by atoms with Gasteiger partial charge in [0, 0.05) is 12.6 Å². The Morgan fingerprint density at radius 3 is 2.54 bits per heavy atom. The van der Waals surface area contributed by atoms with Crippen molar-refractivity contribution < 1.29 is 13.5 Å². The van der Waals surface area contributed by atoms with Crippen molar-refractivity contribution in [1.29, 1.82) is 0 Å². The minimum Gasteiger partial charge on any atom is -0.396 e. The number of aliphatic hydroxyl groups is 1. The Hall–Kier alpha value is -0.130. The van der Waals surface area contributed by atoms with E-state index in [1.165, 1.54) is 0 Å². The van der Waals surface area contributed by atoms with E-state index in [0.717, 1.165) is 12.8 Å². The summed E-state index contributed by atoms with van der Waals surface area (Å²) in [5, 5.41) is 8.48. The number of rotatable bonds is 5. The lowest BCUT2D eigenvalue weighted by Crippen LogP contribution is -2.44. The molecular weight excluding hydrogens is 190 g/mol. The van der Waals surface area contributed by atoms with Crippen molar-refractivity contribution in [2.75, 3.05) is 12.4 Å². The Morgan fingerprint density at radius 1 is 1.46 bits per heavy atom. The van der Waals surface area contributed by atoms with Crippen LogP contribution in [-0.2, 0) is 10.0 Å². The third kappa shape index (κ3) is 3.62. The lowest BCUT2D eigenvalue weighted by Gasteiger charge is -2.32. The van der Waals surface area contributed by atoms with Crippen molar-refractivity contribution in [3.8, 4) is 0 Å². The monoisotopic (exact) mass is 207 g/mol. The standard InChI is InChI=1S/C8H17NO3S/c1-7-5-8(6-7)9-13(11,12)4-2-3-10/h7-10H,2-6H2,1H3. The molecule has 13 heavy (non-hydrogen) atoms. The van der Waals surface area contributed by atoms with Gasteiger partial charge in [0.15, 0.2) is 0 Å². The average molecular weight is 207 g/mol. The summed E-state index contributed by atoms with van der Waals surface area (Å²) in [5.41, 5.74) is 0. The molecule has 1 fully saturated rings. The van der Waals surface area contributed by atoms with Crippen LogP contribution in [0.4, 0.5) is 0 Å². The summed E-state index contributed by atoms with van der Waals surface area (Å²) in [6, 6.07) is 0.138. The molecule has 1 saturated carbocycles. The van der Waals surface area contributed by atoms with E-state index in [4.69, 9.17) is 5.11 Å². The largest absolute Gasteiger partial charge is 0.396 e. The minimum atomic E-state index is -3.14. The molecule has 78 valence electrons. The molecule has 0 amide bonds. The van der Waals surface area contributed by atoms with Gasteiger partial charge in [-0.25, -0.2) is 13.1 Å². The summed E-state index contributed by atoms with van der Waals surface area (Å²) < 4.78 is 25.2. The van der Waals surface area contributed by atoms with Gasteiger partial charge in [-0.05, 0) is 25.2 Å². The van der Waals surface area contributed by atoms with Gasteiger partial charge < -0.3 is 5.11 Å². The maximum Gasteiger partial charge on any atom is 0.211 e. The van der Waals surface area contributed by atoms with E-state index >= 15 is 0 Å². The van der Waals surface area contributed by atoms with Crippen LogP contribution < -0.4 is 4.72 Å². The molecule has 0 saturated heterocycles. The number of sulfonamides is 1. The second-order valence-electron chi connectivity index (χ2n) is 3.79. The minimum absolute atomic E-state index is 0.0361. The van der Waals surface area contributed by atoms with Crippen molar-refractivity contribution in [3.05, 3.63) is 0 Å². The van der Waals surface area contributed by atoms with Crippen LogP contribution >= 0.6 is 0 Å². The normalized spacial score (nSPS) is 28.5. The van der Waals surface area contributed by atoms with Crippen LogP contribution in [0.3, 0.4) is 0 Å². The number of hydrogen-bond donors (Lipinski definition) is 2. The third-order valence-electron chi connectivity index (χ3n) is 2.29. The molecule has 0 aromatic heterocycles. The predicted octanol–water partition coefficient (Wildman–Crippen LogP) is 0.0867. The van der Waals surface area contributed by atoms with Crippen LogP contribution in [0.25, 0.3) is 0 Å². The maximum absolute atomic E-state index is 11.3. The van der Waals surface area contributed by atoms with E-state index in [1.807, 2.05) is 0 Å². The Labute approximate surface area is 79.4 Å². The van der Waals surface area contributed by atoms with Gasteiger partial charge in [0.05, 0.1) is 5.75 Å². The summed E-state index contributed by atoms with van der Waals surface area (Å²) in [6.07, 6.45) is 2.20. The molecule has 0 spiro atoms. The molecule has 0 radical (unpaired) electrons. The second-order valence-corrected chi connectivity index (χ2v) is 5.66. The highest BCUT2D eigenvalue weighted by molar-refractivity contribution is 7.89. The van der Waals surface area contributed by atoms with E-state index in [2.05, 4.69) is 11.6 Å². The van der Waals surface area contributed by atoms with E-state index in [-0.39, 0.29) is 18.4 Å². The van der Waals surface area contributed by atoms with Crippen LogP contribution in [-0.4, -0.2) is 31.9 Å². The van der Waals surface area contributed by atoms with Gasteiger partial charge in [0.25, 0.3) is 0 Å². The highest BCUT2D eigenvalue weighted by Gasteiger charge is 2.28. The van der Waals surface area contributed by atoms with Crippen molar-refractivity contribution in [3.63, 3.8) is 0 Å². The van der Waals surface area contributed by atoms with Crippen molar-refractivity contribution >= 4 is 10.0 Å². The molecule has 0 aromatic carbocycles. The van der Waals surface area contributed by atoms with Gasteiger partial charge >= 0.3 is 0 Å². The van der Waals surface area contributed by atoms with Crippen LogP contribution in [0, 0.1) is 5.92 Å². The van der Waals surface area contributed by atoms with Crippen molar-refractivity contribution in [1.82, 2.24) is 4.72 Å². The first-order chi connectivity index (χ1) is 6.03. The van der Waals surface area contributed by atoms with Crippen LogP contribution in [0.5, 0.6) is 0 Å². The Morgan fingerprint density at radius 2 is 2.08 bits per heavy atom. The van der Waals surface area contributed by atoms with Gasteiger partial charge in [-0.15, -0.1) is 0 Å². The fourth-order valence-corrected chi connectivity index (χ4v) is 2.89. The average Bonchev–Trinajstić information content (AvgIpc) is 1.98. The molecule has 0 heterocycles. The van der Waals surface area contributed by atoms with Gasteiger partial charge in [-0.3, -0.25) is 0 Å². The lowest BCUT2D eigenvalue weighted by atomic mass is 9.83. The molecule has 0 aliphatic heterocycles. The lowest BCUT2D eigenvalue weighted by molar-refractivity contribution is 0.269. The summed E-state index contributed by atoms with van der Waals surface area (Å²) in [5.74, 6) is 0.680. The number of nitrogens with one attached hydrogen (secondary N) is 1. The third-order valence-corrected chi connectivity index (χ3v) is 3.81. The van der Waals surface area contributed by atoms with Gasteiger partial charge in [0.2, 0.25) is 10.0 Å². The number of hydrogen-bond acceptors (Lipinski definition) is 3. The summed E-state index contributed by atoms with van der Waals surface area (Å²) in [4.78, 5) is 0. The molecule has 1 aliphatic carbocycles. The van der Waals surface area contributed by atoms with Gasteiger partial charge in [-0.2, -0.15) is 0 Å². The Bertz CT molecular complexity index is 244. The van der Waals surface area contributed by atoms with E-state index in [1.54, 1.807) is 0 Å². The molecule has 2 N–H and O–H groups in total. The second kappa shape index (κ2) is 4.39. The molecule has 1 aliphatic rings. The molecule has 0 atom stereocenters. The Balaban J connectivity index is 2.26. The van der Waals surface area contributed by atoms with Crippen molar-refractivity contribution in [2.45, 2.75) is 32.2 Å².